The highest BCUT2D eigenvalue weighted by atomic mass is 19.2. The molecule has 0 saturated carbocycles. The Morgan fingerprint density at radius 1 is 1.31 bits per heavy atom. The molecule has 204 valence electrons. The highest BCUT2D eigenvalue weighted by Crippen LogP contribution is 2.46. The lowest BCUT2D eigenvalue weighted by atomic mass is 9.80. The van der Waals surface area contributed by atoms with Gasteiger partial charge in [0.2, 0.25) is 11.8 Å². The number of aliphatic hydroxyl groups is 1. The molecular weight excluding hydrogens is 513 g/mol. The number of rotatable bonds is 6. The van der Waals surface area contributed by atoms with Crippen LogP contribution in [0, 0.1) is 34.7 Å². The quantitative estimate of drug-likeness (QED) is 0.325. The summed E-state index contributed by atoms with van der Waals surface area (Å²) >= 11 is 0. The molecule has 1 saturated heterocycles. The van der Waals surface area contributed by atoms with Gasteiger partial charge in [0.1, 0.15) is 11.6 Å². The summed E-state index contributed by atoms with van der Waals surface area (Å²) in [6.45, 7) is 3.76. The Morgan fingerprint density at radius 3 is 2.72 bits per heavy atom. The number of H-pyrrole nitrogens is 1. The highest BCUT2D eigenvalue weighted by Gasteiger charge is 2.56. The van der Waals surface area contributed by atoms with Crippen molar-refractivity contribution in [2.75, 3.05) is 18.9 Å². The number of benzene rings is 2. The van der Waals surface area contributed by atoms with E-state index in [0.717, 1.165) is 11.6 Å². The molecule has 4 atom stereocenters. The molecule has 1 spiro atoms. The second-order valence-corrected chi connectivity index (χ2v) is 10.6. The summed E-state index contributed by atoms with van der Waals surface area (Å²) in [6.07, 6.45) is -1.18. The van der Waals surface area contributed by atoms with Crippen molar-refractivity contribution >= 4 is 28.5 Å². The first-order valence-corrected chi connectivity index (χ1v) is 12.5. The number of nitriles is 1. The average molecular weight is 541 g/mol. The van der Waals surface area contributed by atoms with Crippen molar-refractivity contribution in [2.24, 2.45) is 5.92 Å². The Hall–Kier alpha value is -3.95. The number of hydrogen-bond donors (Lipinski definition) is 3. The maximum absolute atomic E-state index is 14.2. The van der Waals surface area contributed by atoms with Gasteiger partial charge in [0, 0.05) is 24.7 Å². The van der Waals surface area contributed by atoms with Gasteiger partial charge in [0.25, 0.3) is 0 Å². The number of carbonyl (C=O) groups is 2. The van der Waals surface area contributed by atoms with Gasteiger partial charge in [0.05, 0.1) is 23.0 Å². The summed E-state index contributed by atoms with van der Waals surface area (Å²) in [5.74, 6) is -5.56. The molecule has 0 bridgehead atoms. The summed E-state index contributed by atoms with van der Waals surface area (Å²) in [5.41, 5.74) is -0.346. The van der Waals surface area contributed by atoms with Crippen LogP contribution in [0.15, 0.2) is 30.3 Å². The second-order valence-electron chi connectivity index (χ2n) is 10.6. The molecule has 2 amide bonds. The van der Waals surface area contributed by atoms with Gasteiger partial charge in [-0.15, -0.1) is 0 Å². The minimum Gasteiger partial charge on any atom is -0.371 e. The van der Waals surface area contributed by atoms with E-state index in [4.69, 9.17) is 0 Å². The number of nitrogens with one attached hydrogen (secondary N) is 2. The molecule has 2 aromatic carbocycles. The number of nitrogens with zero attached hydrogens (tertiary/aromatic N) is 4. The lowest BCUT2D eigenvalue weighted by Gasteiger charge is -2.35. The fourth-order valence-electron chi connectivity index (χ4n) is 5.63. The van der Waals surface area contributed by atoms with E-state index in [0.29, 0.717) is 5.69 Å². The number of amides is 2. The number of aromatic amines is 1. The number of aliphatic hydroxyl groups excluding tert-OH is 1. The normalized spacial score (nSPS) is 22.0. The number of imidazole rings is 1. The van der Waals surface area contributed by atoms with E-state index in [1.807, 2.05) is 19.9 Å². The van der Waals surface area contributed by atoms with Crippen LogP contribution in [0.4, 0.5) is 18.9 Å². The molecule has 1 unspecified atom stereocenters. The highest BCUT2D eigenvalue weighted by molar-refractivity contribution is 6.07. The van der Waals surface area contributed by atoms with Crippen LogP contribution in [0.2, 0.25) is 0 Å². The van der Waals surface area contributed by atoms with Crippen LogP contribution >= 0.6 is 0 Å². The van der Waals surface area contributed by atoms with Crippen molar-refractivity contribution in [1.29, 1.82) is 5.26 Å². The van der Waals surface area contributed by atoms with Crippen LogP contribution in [0.3, 0.4) is 0 Å². The zero-order chi connectivity index (χ0) is 28.2. The molecule has 3 aromatic rings. The Kier molecular flexibility index (Phi) is 6.60. The standard InChI is InChI=1S/C27H27F3N6O3/c1-13(2)8-19(35(3)25(38)23-32-18-9-16(28)20(29)21(30)22(18)34-23)24(37)36-12-27(10-14(36)11-31)15-6-4-5-7-17(15)33-26(27)39/h4-7,9,13-14,19,25,38H,8,10,12H2,1-3H3,(H,32,34)(H,33,39)/t14-,19-,25?,27-/m0/s1. The molecule has 9 nitrogen and oxygen atoms in total. The number of likely N-dealkylation sites (tertiary alicyclic amines) is 1. The number of fused-ring (bicyclic) bond motifs is 3. The van der Waals surface area contributed by atoms with Crippen LogP contribution in [-0.4, -0.2) is 62.4 Å². The van der Waals surface area contributed by atoms with Crippen LogP contribution < -0.4 is 5.32 Å². The predicted octanol–water partition coefficient (Wildman–Crippen LogP) is 3.33. The molecule has 0 aliphatic carbocycles. The molecule has 2 aliphatic rings. The molecule has 1 fully saturated rings. The first kappa shape index (κ1) is 26.6. The number of para-hydroxylation sites is 1. The Morgan fingerprint density at radius 2 is 2.03 bits per heavy atom. The largest absolute Gasteiger partial charge is 0.371 e. The Labute approximate surface area is 222 Å². The molecule has 39 heavy (non-hydrogen) atoms. The summed E-state index contributed by atoms with van der Waals surface area (Å²) < 4.78 is 41.7. The van der Waals surface area contributed by atoms with Crippen molar-refractivity contribution in [1.82, 2.24) is 19.8 Å². The predicted molar refractivity (Wildman–Crippen MR) is 134 cm³/mol. The minimum absolute atomic E-state index is 0.0140. The Balaban J connectivity index is 1.47. The van der Waals surface area contributed by atoms with E-state index in [9.17, 15) is 33.1 Å². The molecule has 1 aromatic heterocycles. The SMILES string of the molecule is CC(C)C[C@@H](C(=O)N1C[C@]2(C[C@H]1C#N)C(=O)Nc1ccccc12)N(C)C(O)c1nc2c(F)c(F)c(F)cc2[nH]1. The van der Waals surface area contributed by atoms with Crippen molar-refractivity contribution in [3.63, 3.8) is 0 Å². The zero-order valence-corrected chi connectivity index (χ0v) is 21.5. The minimum atomic E-state index is -1.68. The van der Waals surface area contributed by atoms with E-state index < -0.39 is 52.6 Å². The van der Waals surface area contributed by atoms with Gasteiger partial charge in [0.15, 0.2) is 29.5 Å². The topological polar surface area (TPSA) is 125 Å². The first-order valence-electron chi connectivity index (χ1n) is 12.5. The molecule has 2 aliphatic heterocycles. The maximum atomic E-state index is 14.2. The Bertz CT molecular complexity index is 1520. The fourth-order valence-corrected chi connectivity index (χ4v) is 5.63. The molecule has 12 heteroatoms. The third kappa shape index (κ3) is 4.22. The average Bonchev–Trinajstić information content (AvgIpc) is 3.59. The fraction of sp³-hybridized carbons (Fsp3) is 0.407. The van der Waals surface area contributed by atoms with Gasteiger partial charge in [-0.05, 0) is 31.0 Å². The zero-order valence-electron chi connectivity index (χ0n) is 21.5. The lowest BCUT2D eigenvalue weighted by molar-refractivity contribution is -0.142. The summed E-state index contributed by atoms with van der Waals surface area (Å²) in [7, 11) is 1.46. The summed E-state index contributed by atoms with van der Waals surface area (Å²) in [6, 6.07) is 8.21. The third-order valence-corrected chi connectivity index (χ3v) is 7.65. The number of carbonyl (C=O) groups excluding carboxylic acids is 2. The molecule has 5 rings (SSSR count). The van der Waals surface area contributed by atoms with Crippen LogP contribution in [0.25, 0.3) is 11.0 Å². The lowest BCUT2D eigenvalue weighted by Crippen LogP contribution is -2.51. The smallest absolute Gasteiger partial charge is 0.241 e. The molecule has 0 radical (unpaired) electrons. The van der Waals surface area contributed by atoms with Gasteiger partial charge in [-0.25, -0.2) is 18.2 Å². The molecule has 3 heterocycles. The van der Waals surface area contributed by atoms with Crippen molar-refractivity contribution < 1.29 is 27.9 Å². The van der Waals surface area contributed by atoms with Gasteiger partial charge < -0.3 is 20.3 Å². The molecule has 3 N–H and O–H groups in total. The van der Waals surface area contributed by atoms with Crippen LogP contribution in [-0.2, 0) is 15.0 Å². The van der Waals surface area contributed by atoms with Crippen molar-refractivity contribution in [3.05, 3.63) is 59.2 Å². The van der Waals surface area contributed by atoms with Crippen molar-refractivity contribution in [2.45, 2.75) is 50.4 Å². The second kappa shape index (κ2) is 9.66. The molecular formula is C27H27F3N6O3. The first-order chi connectivity index (χ1) is 18.5. The van der Waals surface area contributed by atoms with Gasteiger partial charge in [-0.2, -0.15) is 5.26 Å². The summed E-state index contributed by atoms with van der Waals surface area (Å²) in [4.78, 5) is 36.3. The monoisotopic (exact) mass is 540 g/mol. The van der Waals surface area contributed by atoms with Gasteiger partial charge >= 0.3 is 0 Å². The van der Waals surface area contributed by atoms with E-state index in [1.165, 1.54) is 16.8 Å². The van der Waals surface area contributed by atoms with Gasteiger partial charge in [-0.1, -0.05) is 32.0 Å². The van der Waals surface area contributed by atoms with E-state index >= 15 is 0 Å². The third-order valence-electron chi connectivity index (χ3n) is 7.65. The van der Waals surface area contributed by atoms with Crippen molar-refractivity contribution in [3.8, 4) is 6.07 Å². The van der Waals surface area contributed by atoms with Crippen LogP contribution in [0.5, 0.6) is 0 Å². The van der Waals surface area contributed by atoms with Crippen LogP contribution in [0.1, 0.15) is 44.3 Å². The van der Waals surface area contributed by atoms with E-state index in [-0.39, 0.29) is 42.6 Å². The number of halogens is 3. The van der Waals surface area contributed by atoms with Gasteiger partial charge in [-0.3, -0.25) is 14.5 Å². The maximum Gasteiger partial charge on any atom is 0.241 e. The summed E-state index contributed by atoms with van der Waals surface area (Å²) in [5, 5.41) is 23.9. The number of hydrogen-bond acceptors (Lipinski definition) is 6. The number of likely N-dealkylation sites (N-methyl/N-ethyl adjacent to an activating group) is 1. The van der Waals surface area contributed by atoms with E-state index in [2.05, 4.69) is 21.4 Å². The number of anilines is 1. The van der Waals surface area contributed by atoms with E-state index in [1.54, 1.807) is 18.2 Å². The number of aromatic nitrogens is 2.